The highest BCUT2D eigenvalue weighted by Gasteiger charge is 2.32. The van der Waals surface area contributed by atoms with E-state index in [2.05, 4.69) is 24.2 Å². The van der Waals surface area contributed by atoms with Crippen molar-refractivity contribution in [3.05, 3.63) is 30.1 Å². The summed E-state index contributed by atoms with van der Waals surface area (Å²) >= 11 is 0. The van der Waals surface area contributed by atoms with E-state index in [9.17, 15) is 4.39 Å². The summed E-state index contributed by atoms with van der Waals surface area (Å²) < 4.78 is 13.1. The van der Waals surface area contributed by atoms with Gasteiger partial charge in [-0.2, -0.15) is 0 Å². The molecule has 0 saturated heterocycles. The summed E-state index contributed by atoms with van der Waals surface area (Å²) in [4.78, 5) is 2.29. The van der Waals surface area contributed by atoms with Gasteiger partial charge in [-0.15, -0.1) is 0 Å². The lowest BCUT2D eigenvalue weighted by atomic mass is 9.73. The van der Waals surface area contributed by atoms with Crippen molar-refractivity contribution in [2.75, 3.05) is 31.6 Å². The predicted octanol–water partition coefficient (Wildman–Crippen LogP) is 4.21. The quantitative estimate of drug-likeness (QED) is 0.757. The van der Waals surface area contributed by atoms with Crippen LogP contribution in [0.5, 0.6) is 0 Å². The van der Waals surface area contributed by atoms with Crippen LogP contribution in [0.25, 0.3) is 0 Å². The van der Waals surface area contributed by atoms with E-state index in [0.717, 1.165) is 25.3 Å². The number of rotatable bonds is 7. The number of nitrogens with one attached hydrogen (secondary N) is 1. The highest BCUT2D eigenvalue weighted by atomic mass is 19.1. The second-order valence-corrected chi connectivity index (χ2v) is 6.57. The summed E-state index contributed by atoms with van der Waals surface area (Å²) in [7, 11) is 2.13. The largest absolute Gasteiger partial charge is 0.374 e. The van der Waals surface area contributed by atoms with Gasteiger partial charge >= 0.3 is 0 Å². The van der Waals surface area contributed by atoms with Crippen molar-refractivity contribution in [1.29, 1.82) is 0 Å². The van der Waals surface area contributed by atoms with Crippen molar-refractivity contribution in [3.63, 3.8) is 0 Å². The van der Waals surface area contributed by atoms with Crippen molar-refractivity contribution in [1.82, 2.24) is 5.32 Å². The predicted molar refractivity (Wildman–Crippen MR) is 88.3 cm³/mol. The van der Waals surface area contributed by atoms with Gasteiger partial charge in [0.25, 0.3) is 0 Å². The van der Waals surface area contributed by atoms with Crippen LogP contribution in [-0.4, -0.2) is 26.7 Å². The summed E-state index contributed by atoms with van der Waals surface area (Å²) in [6, 6.07) is 6.86. The van der Waals surface area contributed by atoms with Crippen LogP contribution in [0.4, 0.5) is 10.1 Å². The third-order valence-electron chi connectivity index (χ3n) is 4.68. The monoisotopic (exact) mass is 292 g/mol. The van der Waals surface area contributed by atoms with Crippen LogP contribution in [0, 0.1) is 11.2 Å². The van der Waals surface area contributed by atoms with Crippen LogP contribution in [0.1, 0.15) is 45.4 Å². The van der Waals surface area contributed by atoms with E-state index >= 15 is 0 Å². The van der Waals surface area contributed by atoms with Crippen LogP contribution in [0.15, 0.2) is 24.3 Å². The van der Waals surface area contributed by atoms with Gasteiger partial charge in [0.05, 0.1) is 0 Å². The molecule has 0 unspecified atom stereocenters. The Morgan fingerprint density at radius 3 is 2.43 bits per heavy atom. The number of benzene rings is 1. The van der Waals surface area contributed by atoms with Crippen LogP contribution in [0.2, 0.25) is 0 Å². The Morgan fingerprint density at radius 1 is 1.14 bits per heavy atom. The van der Waals surface area contributed by atoms with E-state index in [-0.39, 0.29) is 5.82 Å². The topological polar surface area (TPSA) is 15.3 Å². The van der Waals surface area contributed by atoms with Gasteiger partial charge in [-0.25, -0.2) is 4.39 Å². The fourth-order valence-electron chi connectivity index (χ4n) is 3.51. The minimum Gasteiger partial charge on any atom is -0.374 e. The molecule has 1 saturated carbocycles. The van der Waals surface area contributed by atoms with E-state index in [4.69, 9.17) is 0 Å². The Bertz CT molecular complexity index is 410. The normalized spacial score (nSPS) is 17.7. The number of nitrogens with zero attached hydrogens (tertiary/aromatic N) is 1. The zero-order valence-corrected chi connectivity index (χ0v) is 13.5. The first-order chi connectivity index (χ1) is 10.2. The van der Waals surface area contributed by atoms with E-state index in [0.29, 0.717) is 5.41 Å². The molecule has 0 radical (unpaired) electrons. The van der Waals surface area contributed by atoms with Crippen molar-refractivity contribution in [2.45, 2.75) is 45.4 Å². The molecule has 1 aromatic rings. The fraction of sp³-hybridized carbons (Fsp3) is 0.667. The number of anilines is 1. The molecule has 3 heteroatoms. The molecule has 1 fully saturated rings. The minimum atomic E-state index is -0.163. The average Bonchev–Trinajstić information content (AvgIpc) is 2.49. The zero-order valence-electron chi connectivity index (χ0n) is 13.5. The lowest BCUT2D eigenvalue weighted by Crippen LogP contribution is -2.44. The van der Waals surface area contributed by atoms with E-state index in [1.54, 1.807) is 12.1 Å². The van der Waals surface area contributed by atoms with Crippen molar-refractivity contribution in [2.24, 2.45) is 5.41 Å². The summed E-state index contributed by atoms with van der Waals surface area (Å²) in [5.41, 5.74) is 1.48. The maximum atomic E-state index is 13.1. The summed E-state index contributed by atoms with van der Waals surface area (Å²) in [6.45, 7) is 5.47. The highest BCUT2D eigenvalue weighted by molar-refractivity contribution is 5.45. The first-order valence-corrected chi connectivity index (χ1v) is 8.33. The van der Waals surface area contributed by atoms with Gasteiger partial charge in [0.2, 0.25) is 0 Å². The molecule has 0 bridgehead atoms. The third kappa shape index (κ3) is 4.70. The lowest BCUT2D eigenvalue weighted by Gasteiger charge is -2.41. The van der Waals surface area contributed by atoms with Crippen molar-refractivity contribution < 1.29 is 4.39 Å². The van der Waals surface area contributed by atoms with E-state index in [1.807, 2.05) is 12.1 Å². The molecule has 0 aliphatic heterocycles. The van der Waals surface area contributed by atoms with Gasteiger partial charge in [0.15, 0.2) is 0 Å². The number of hydrogen-bond acceptors (Lipinski definition) is 2. The smallest absolute Gasteiger partial charge is 0.123 e. The molecule has 1 aliphatic carbocycles. The molecule has 0 aromatic heterocycles. The second-order valence-electron chi connectivity index (χ2n) is 6.57. The first-order valence-electron chi connectivity index (χ1n) is 8.33. The van der Waals surface area contributed by atoms with Gasteiger partial charge in [-0.3, -0.25) is 0 Å². The summed E-state index contributed by atoms with van der Waals surface area (Å²) in [5, 5.41) is 3.62. The van der Waals surface area contributed by atoms with Gasteiger partial charge in [0.1, 0.15) is 5.82 Å². The standard InChI is InChI=1S/C18H29FN2/c1-3-13-20-14-18(11-5-4-6-12-18)15-21(2)17-9-7-16(19)8-10-17/h7-10,20H,3-6,11-15H2,1-2H3. The van der Waals surface area contributed by atoms with Crippen LogP contribution >= 0.6 is 0 Å². The molecule has 118 valence electrons. The third-order valence-corrected chi connectivity index (χ3v) is 4.68. The SMILES string of the molecule is CCCNCC1(CN(C)c2ccc(F)cc2)CCCCC1. The molecule has 0 amide bonds. The Morgan fingerprint density at radius 2 is 1.81 bits per heavy atom. The maximum Gasteiger partial charge on any atom is 0.123 e. The molecular formula is C18H29FN2. The second kappa shape index (κ2) is 7.79. The first kappa shape index (κ1) is 16.3. The van der Waals surface area contributed by atoms with Gasteiger partial charge in [0, 0.05) is 31.2 Å². The molecule has 21 heavy (non-hydrogen) atoms. The molecule has 2 nitrogen and oxygen atoms in total. The molecule has 1 aromatic carbocycles. The van der Waals surface area contributed by atoms with Gasteiger partial charge in [-0.1, -0.05) is 26.2 Å². The molecule has 1 N–H and O–H groups in total. The van der Waals surface area contributed by atoms with Crippen LogP contribution in [-0.2, 0) is 0 Å². The zero-order chi connectivity index (χ0) is 15.1. The minimum absolute atomic E-state index is 0.163. The Hall–Kier alpha value is -1.09. The Labute approximate surface area is 128 Å². The molecule has 1 aliphatic rings. The highest BCUT2D eigenvalue weighted by Crippen LogP contribution is 2.37. The molecule has 0 spiro atoms. The summed E-state index contributed by atoms with van der Waals surface area (Å²) in [6.07, 6.45) is 7.83. The maximum absolute atomic E-state index is 13.1. The molecular weight excluding hydrogens is 263 g/mol. The van der Waals surface area contributed by atoms with Gasteiger partial charge in [-0.05, 0) is 50.1 Å². The van der Waals surface area contributed by atoms with Crippen LogP contribution in [0.3, 0.4) is 0 Å². The van der Waals surface area contributed by atoms with E-state index in [1.165, 1.54) is 38.5 Å². The Balaban J connectivity index is 2.01. The number of halogens is 1. The lowest BCUT2D eigenvalue weighted by molar-refractivity contribution is 0.189. The van der Waals surface area contributed by atoms with Crippen molar-refractivity contribution >= 4 is 5.69 Å². The average molecular weight is 292 g/mol. The van der Waals surface area contributed by atoms with Crippen LogP contribution < -0.4 is 10.2 Å². The fourth-order valence-corrected chi connectivity index (χ4v) is 3.51. The molecule has 2 rings (SSSR count). The Kier molecular flexibility index (Phi) is 6.04. The summed E-state index contributed by atoms with van der Waals surface area (Å²) in [5.74, 6) is -0.163. The number of hydrogen-bond donors (Lipinski definition) is 1. The molecule has 0 atom stereocenters. The van der Waals surface area contributed by atoms with Crippen molar-refractivity contribution in [3.8, 4) is 0 Å². The van der Waals surface area contributed by atoms with E-state index < -0.39 is 0 Å². The van der Waals surface area contributed by atoms with Gasteiger partial charge < -0.3 is 10.2 Å². The molecule has 0 heterocycles.